The summed E-state index contributed by atoms with van der Waals surface area (Å²) >= 11 is 12.4. The number of likely N-dealkylation sites (N-methyl/N-ethyl adjacent to an activating group) is 1. The van der Waals surface area contributed by atoms with Crippen molar-refractivity contribution < 1.29 is 27.5 Å². The fraction of sp³-hybridized carbons (Fsp3) is 0.212. The zero-order valence-electron chi connectivity index (χ0n) is 24.9. The second kappa shape index (κ2) is 15.2. The van der Waals surface area contributed by atoms with Crippen molar-refractivity contribution in [2.75, 3.05) is 32.1 Å². The minimum absolute atomic E-state index is 0.00478. The minimum atomic E-state index is -4.36. The van der Waals surface area contributed by atoms with Crippen LogP contribution in [0.2, 0.25) is 10.0 Å². The van der Waals surface area contributed by atoms with E-state index >= 15 is 0 Å². The Morgan fingerprint density at radius 1 is 0.800 bits per heavy atom. The molecule has 0 bridgehead atoms. The highest BCUT2D eigenvalue weighted by Gasteiger charge is 2.34. The van der Waals surface area contributed by atoms with Crippen molar-refractivity contribution in [1.29, 1.82) is 0 Å². The number of methoxy groups -OCH3 is 2. The smallest absolute Gasteiger partial charge is 0.264 e. The standard InChI is InChI=1S/C33H33Cl2N3O6S/c1-36-33(40)29(19-23-8-5-4-6-9-23)37(21-24-10-7-11-26(35)18-24)32(39)22-38(27-14-12-25(34)13-15-27)45(41,42)28-16-17-30(43-2)31(20-28)44-3/h4-18,20,29H,19,21-22H2,1-3H3,(H,36,40)/t29-/m1/s1. The molecule has 1 N–H and O–H groups in total. The van der Waals surface area contributed by atoms with E-state index in [2.05, 4.69) is 5.32 Å². The first-order valence-electron chi connectivity index (χ1n) is 13.9. The van der Waals surface area contributed by atoms with E-state index in [0.29, 0.717) is 21.4 Å². The van der Waals surface area contributed by atoms with Crippen molar-refractivity contribution in [1.82, 2.24) is 10.2 Å². The van der Waals surface area contributed by atoms with E-state index in [4.69, 9.17) is 32.7 Å². The number of ether oxygens (including phenoxy) is 2. The zero-order chi connectivity index (χ0) is 32.6. The van der Waals surface area contributed by atoms with Crippen molar-refractivity contribution in [2.45, 2.75) is 23.9 Å². The molecule has 0 aliphatic rings. The Balaban J connectivity index is 1.81. The van der Waals surface area contributed by atoms with Gasteiger partial charge >= 0.3 is 0 Å². The van der Waals surface area contributed by atoms with Gasteiger partial charge in [0.25, 0.3) is 10.0 Å². The van der Waals surface area contributed by atoms with Crippen LogP contribution in [0.15, 0.2) is 102 Å². The number of amides is 2. The lowest BCUT2D eigenvalue weighted by atomic mass is 10.0. The second-order valence-corrected chi connectivity index (χ2v) is 12.7. The summed E-state index contributed by atoms with van der Waals surface area (Å²) in [5.41, 5.74) is 1.69. The summed E-state index contributed by atoms with van der Waals surface area (Å²) in [7, 11) is -0.0287. The molecule has 0 radical (unpaired) electrons. The number of nitrogens with zero attached hydrogens (tertiary/aromatic N) is 2. The molecule has 9 nitrogen and oxygen atoms in total. The highest BCUT2D eigenvalue weighted by Crippen LogP contribution is 2.33. The van der Waals surface area contributed by atoms with Crippen molar-refractivity contribution >= 4 is 50.7 Å². The van der Waals surface area contributed by atoms with Gasteiger partial charge in [-0.3, -0.25) is 13.9 Å². The number of carbonyl (C=O) groups excluding carboxylic acids is 2. The molecule has 0 aromatic heterocycles. The van der Waals surface area contributed by atoms with Gasteiger partial charge in [-0.05, 0) is 59.7 Å². The maximum absolute atomic E-state index is 14.4. The topological polar surface area (TPSA) is 105 Å². The van der Waals surface area contributed by atoms with Crippen LogP contribution in [-0.4, -0.2) is 59.0 Å². The fourth-order valence-corrected chi connectivity index (χ4v) is 6.56. The first kappa shape index (κ1) is 33.6. The molecule has 4 aromatic carbocycles. The molecule has 45 heavy (non-hydrogen) atoms. The van der Waals surface area contributed by atoms with Gasteiger partial charge in [0.15, 0.2) is 11.5 Å². The van der Waals surface area contributed by atoms with Gasteiger partial charge in [0, 0.05) is 36.1 Å². The Kier molecular flexibility index (Phi) is 11.3. The van der Waals surface area contributed by atoms with E-state index in [9.17, 15) is 18.0 Å². The fourth-order valence-electron chi connectivity index (χ4n) is 4.79. The molecular formula is C33H33Cl2N3O6S. The van der Waals surface area contributed by atoms with Crippen molar-refractivity contribution in [3.63, 3.8) is 0 Å². The Hall–Kier alpha value is -4.25. The Morgan fingerprint density at radius 3 is 2.09 bits per heavy atom. The van der Waals surface area contributed by atoms with E-state index in [0.717, 1.165) is 9.87 Å². The lowest BCUT2D eigenvalue weighted by molar-refractivity contribution is -0.139. The number of hydrogen-bond donors (Lipinski definition) is 1. The van der Waals surface area contributed by atoms with Crippen LogP contribution in [0, 0.1) is 0 Å². The maximum Gasteiger partial charge on any atom is 0.264 e. The number of sulfonamides is 1. The molecule has 0 aliphatic heterocycles. The summed E-state index contributed by atoms with van der Waals surface area (Å²) < 4.78 is 40.1. The number of anilines is 1. The first-order chi connectivity index (χ1) is 21.6. The summed E-state index contributed by atoms with van der Waals surface area (Å²) in [6, 6.07) is 25.5. The second-order valence-electron chi connectivity index (χ2n) is 9.98. The highest BCUT2D eigenvalue weighted by molar-refractivity contribution is 7.92. The van der Waals surface area contributed by atoms with Crippen LogP contribution < -0.4 is 19.1 Å². The summed E-state index contributed by atoms with van der Waals surface area (Å²) in [6.07, 6.45) is 0.191. The molecule has 0 fully saturated rings. The third-order valence-corrected chi connectivity index (χ3v) is 9.35. The van der Waals surface area contributed by atoms with E-state index in [1.807, 2.05) is 30.3 Å². The number of hydrogen-bond acceptors (Lipinski definition) is 6. The monoisotopic (exact) mass is 669 g/mol. The molecule has 0 unspecified atom stereocenters. The van der Waals surface area contributed by atoms with Gasteiger partial charge in [-0.25, -0.2) is 8.42 Å². The summed E-state index contributed by atoms with van der Waals surface area (Å²) in [4.78, 5) is 29.0. The van der Waals surface area contributed by atoms with Crippen molar-refractivity contribution in [3.05, 3.63) is 118 Å². The Bertz CT molecular complexity index is 1740. The first-order valence-corrected chi connectivity index (χ1v) is 16.1. The lowest BCUT2D eigenvalue weighted by Crippen LogP contribution is -2.53. The summed E-state index contributed by atoms with van der Waals surface area (Å²) in [5.74, 6) is -0.479. The molecule has 12 heteroatoms. The molecule has 0 saturated carbocycles. The van der Waals surface area contributed by atoms with Crippen LogP contribution in [-0.2, 0) is 32.6 Å². The molecule has 236 valence electrons. The van der Waals surface area contributed by atoms with Crippen LogP contribution in [0.25, 0.3) is 0 Å². The average Bonchev–Trinajstić information content (AvgIpc) is 3.05. The van der Waals surface area contributed by atoms with E-state index < -0.39 is 34.4 Å². The largest absolute Gasteiger partial charge is 0.493 e. The SMILES string of the molecule is CNC(=O)[C@@H](Cc1ccccc1)N(Cc1cccc(Cl)c1)C(=O)CN(c1ccc(Cl)cc1)S(=O)(=O)c1ccc(OC)c(OC)c1. The molecule has 0 heterocycles. The van der Waals surface area contributed by atoms with Crippen molar-refractivity contribution in [2.24, 2.45) is 0 Å². The highest BCUT2D eigenvalue weighted by atomic mass is 35.5. The predicted molar refractivity (Wildman–Crippen MR) is 176 cm³/mol. The summed E-state index contributed by atoms with van der Waals surface area (Å²) in [5, 5.41) is 3.50. The average molecular weight is 671 g/mol. The molecular weight excluding hydrogens is 637 g/mol. The molecule has 4 aromatic rings. The van der Waals surface area contributed by atoms with Crippen LogP contribution in [0.4, 0.5) is 5.69 Å². The zero-order valence-corrected chi connectivity index (χ0v) is 27.3. The lowest BCUT2D eigenvalue weighted by Gasteiger charge is -2.33. The molecule has 2 amide bonds. The summed E-state index contributed by atoms with van der Waals surface area (Å²) in [6.45, 7) is -0.629. The van der Waals surface area contributed by atoms with E-state index in [1.54, 1.807) is 24.3 Å². The molecule has 0 saturated heterocycles. The molecule has 0 spiro atoms. The van der Waals surface area contributed by atoms with Gasteiger partial charge in [-0.2, -0.15) is 0 Å². The third kappa shape index (κ3) is 8.27. The Labute approximate surface area is 273 Å². The van der Waals surface area contributed by atoms with E-state index in [1.165, 1.54) is 68.6 Å². The minimum Gasteiger partial charge on any atom is -0.493 e. The van der Waals surface area contributed by atoms with Gasteiger partial charge in [-0.1, -0.05) is 65.7 Å². The molecule has 1 atom stereocenters. The quantitative estimate of drug-likeness (QED) is 0.199. The number of rotatable bonds is 13. The van der Waals surface area contributed by atoms with Gasteiger partial charge in [0.05, 0.1) is 24.8 Å². The van der Waals surface area contributed by atoms with E-state index in [-0.39, 0.29) is 29.3 Å². The van der Waals surface area contributed by atoms with Crippen molar-refractivity contribution in [3.8, 4) is 11.5 Å². The number of carbonyl (C=O) groups is 2. The predicted octanol–water partition coefficient (Wildman–Crippen LogP) is 5.59. The maximum atomic E-state index is 14.4. The van der Waals surface area contributed by atoms with Gasteiger partial charge in [0.2, 0.25) is 11.8 Å². The van der Waals surface area contributed by atoms with Crippen LogP contribution in [0.3, 0.4) is 0 Å². The number of halogens is 2. The van der Waals surface area contributed by atoms with Crippen LogP contribution in [0.5, 0.6) is 11.5 Å². The van der Waals surface area contributed by atoms with Crippen LogP contribution >= 0.6 is 23.2 Å². The Morgan fingerprint density at radius 2 is 1.47 bits per heavy atom. The van der Waals surface area contributed by atoms with Gasteiger partial charge in [0.1, 0.15) is 12.6 Å². The van der Waals surface area contributed by atoms with Gasteiger partial charge in [-0.15, -0.1) is 0 Å². The third-order valence-electron chi connectivity index (χ3n) is 7.10. The molecule has 0 aliphatic carbocycles. The van der Waals surface area contributed by atoms with Crippen LogP contribution in [0.1, 0.15) is 11.1 Å². The normalized spacial score (nSPS) is 11.8. The number of nitrogens with one attached hydrogen (secondary N) is 1. The molecule has 4 rings (SSSR count). The number of benzene rings is 4. The van der Waals surface area contributed by atoms with Gasteiger partial charge < -0.3 is 19.7 Å².